The SMILES string of the molecule is CC[C@H]1C[C@H]1c1ccc(NC(=O)c2ccc(N3CCOCC3)cc2)cc1. The summed E-state index contributed by atoms with van der Waals surface area (Å²) in [5, 5.41) is 3.00. The number of nitrogens with zero attached hydrogens (tertiary/aromatic N) is 1. The van der Waals surface area contributed by atoms with Crippen LogP contribution in [0.5, 0.6) is 0 Å². The number of carbonyl (C=O) groups excluding carboxylic acids is 1. The Bertz CT molecular complexity index is 749. The summed E-state index contributed by atoms with van der Waals surface area (Å²) in [6, 6.07) is 16.1. The Kier molecular flexibility index (Phi) is 4.93. The van der Waals surface area contributed by atoms with E-state index >= 15 is 0 Å². The standard InChI is InChI=1S/C22H26N2O2/c1-2-16-15-21(16)17-3-7-19(8-4-17)23-22(25)18-5-9-20(10-6-18)24-11-13-26-14-12-24/h3-10,16,21H,2,11-15H2,1H3,(H,23,25)/t16-,21+/m0/s1. The van der Waals surface area contributed by atoms with Crippen LogP contribution in [0.1, 0.15) is 41.6 Å². The highest BCUT2D eigenvalue weighted by molar-refractivity contribution is 6.04. The van der Waals surface area contributed by atoms with Crippen LogP contribution in [-0.2, 0) is 4.74 Å². The van der Waals surface area contributed by atoms with Crippen molar-refractivity contribution < 1.29 is 9.53 Å². The van der Waals surface area contributed by atoms with Crippen molar-refractivity contribution in [3.05, 3.63) is 59.7 Å². The van der Waals surface area contributed by atoms with Gasteiger partial charge in [0.25, 0.3) is 5.91 Å². The summed E-state index contributed by atoms with van der Waals surface area (Å²) in [7, 11) is 0. The maximum atomic E-state index is 12.5. The highest BCUT2D eigenvalue weighted by Gasteiger charge is 2.36. The zero-order valence-electron chi connectivity index (χ0n) is 15.3. The van der Waals surface area contributed by atoms with E-state index in [0.717, 1.165) is 49.5 Å². The van der Waals surface area contributed by atoms with Gasteiger partial charge in [-0.1, -0.05) is 25.5 Å². The zero-order chi connectivity index (χ0) is 17.9. The maximum absolute atomic E-state index is 12.5. The van der Waals surface area contributed by atoms with Crippen molar-refractivity contribution in [2.24, 2.45) is 5.92 Å². The smallest absolute Gasteiger partial charge is 0.255 e. The second-order valence-corrected chi connectivity index (χ2v) is 7.23. The lowest BCUT2D eigenvalue weighted by Crippen LogP contribution is -2.36. The Labute approximate surface area is 155 Å². The fourth-order valence-corrected chi connectivity index (χ4v) is 3.77. The fourth-order valence-electron chi connectivity index (χ4n) is 3.77. The normalized spacial score (nSPS) is 22.1. The molecule has 1 amide bonds. The molecule has 1 heterocycles. The zero-order valence-corrected chi connectivity index (χ0v) is 15.3. The van der Waals surface area contributed by atoms with Crippen LogP contribution in [0.15, 0.2) is 48.5 Å². The summed E-state index contributed by atoms with van der Waals surface area (Å²) in [6.45, 7) is 5.58. The van der Waals surface area contributed by atoms with Crippen LogP contribution in [0.3, 0.4) is 0 Å². The van der Waals surface area contributed by atoms with Crippen LogP contribution < -0.4 is 10.2 Å². The van der Waals surface area contributed by atoms with Gasteiger partial charge in [0.2, 0.25) is 0 Å². The van der Waals surface area contributed by atoms with Gasteiger partial charge in [0, 0.05) is 30.0 Å². The van der Waals surface area contributed by atoms with Crippen LogP contribution in [0.25, 0.3) is 0 Å². The molecule has 4 nitrogen and oxygen atoms in total. The summed E-state index contributed by atoms with van der Waals surface area (Å²) >= 11 is 0. The van der Waals surface area contributed by atoms with Crippen LogP contribution in [-0.4, -0.2) is 32.2 Å². The molecule has 1 N–H and O–H groups in total. The molecular formula is C22H26N2O2. The number of ether oxygens (including phenoxy) is 1. The minimum atomic E-state index is -0.0656. The predicted octanol–water partition coefficient (Wildman–Crippen LogP) is 4.29. The lowest BCUT2D eigenvalue weighted by molar-refractivity contribution is 0.102. The van der Waals surface area contributed by atoms with Crippen molar-refractivity contribution in [2.45, 2.75) is 25.7 Å². The van der Waals surface area contributed by atoms with E-state index in [1.54, 1.807) is 0 Å². The van der Waals surface area contributed by atoms with E-state index in [1.165, 1.54) is 18.4 Å². The number of morpholine rings is 1. The molecule has 2 atom stereocenters. The molecule has 0 bridgehead atoms. The largest absolute Gasteiger partial charge is 0.378 e. The van der Waals surface area contributed by atoms with Gasteiger partial charge in [-0.2, -0.15) is 0 Å². The number of benzene rings is 2. The summed E-state index contributed by atoms with van der Waals surface area (Å²) in [6.07, 6.45) is 2.56. The van der Waals surface area contributed by atoms with E-state index < -0.39 is 0 Å². The molecule has 2 aliphatic rings. The molecule has 0 unspecified atom stereocenters. The molecule has 2 aromatic rings. The summed E-state index contributed by atoms with van der Waals surface area (Å²) < 4.78 is 5.38. The Morgan fingerprint density at radius 1 is 1.08 bits per heavy atom. The summed E-state index contributed by atoms with van der Waals surface area (Å²) in [4.78, 5) is 14.8. The van der Waals surface area contributed by atoms with E-state index in [9.17, 15) is 4.79 Å². The van der Waals surface area contributed by atoms with Gasteiger partial charge in [-0.3, -0.25) is 4.79 Å². The van der Waals surface area contributed by atoms with Crippen LogP contribution >= 0.6 is 0 Å². The molecule has 1 aliphatic carbocycles. The number of amides is 1. The van der Waals surface area contributed by atoms with Crippen molar-refractivity contribution >= 4 is 17.3 Å². The van der Waals surface area contributed by atoms with Gasteiger partial charge in [0.05, 0.1) is 13.2 Å². The number of hydrogen-bond acceptors (Lipinski definition) is 3. The molecule has 0 aromatic heterocycles. The van der Waals surface area contributed by atoms with Crippen LogP contribution in [0, 0.1) is 5.92 Å². The minimum absolute atomic E-state index is 0.0656. The molecule has 2 fully saturated rings. The molecule has 1 saturated carbocycles. The van der Waals surface area contributed by atoms with Crippen molar-refractivity contribution in [1.82, 2.24) is 0 Å². The highest BCUT2D eigenvalue weighted by Crippen LogP contribution is 2.49. The van der Waals surface area contributed by atoms with Gasteiger partial charge >= 0.3 is 0 Å². The molecule has 0 spiro atoms. The lowest BCUT2D eigenvalue weighted by atomic mass is 10.1. The van der Waals surface area contributed by atoms with Gasteiger partial charge in [-0.15, -0.1) is 0 Å². The molecule has 4 heteroatoms. The number of nitrogens with one attached hydrogen (secondary N) is 1. The second-order valence-electron chi connectivity index (χ2n) is 7.23. The average molecular weight is 350 g/mol. The van der Waals surface area contributed by atoms with E-state index in [-0.39, 0.29) is 5.91 Å². The highest BCUT2D eigenvalue weighted by atomic mass is 16.5. The van der Waals surface area contributed by atoms with Crippen molar-refractivity contribution in [1.29, 1.82) is 0 Å². The van der Waals surface area contributed by atoms with E-state index in [2.05, 4.69) is 29.3 Å². The molecule has 26 heavy (non-hydrogen) atoms. The second kappa shape index (κ2) is 7.50. The molecular weight excluding hydrogens is 324 g/mol. The Hall–Kier alpha value is -2.33. The summed E-state index contributed by atoms with van der Waals surface area (Å²) in [5.41, 5.74) is 4.07. The number of hydrogen-bond donors (Lipinski definition) is 1. The first-order valence-electron chi connectivity index (χ1n) is 9.58. The third-order valence-electron chi connectivity index (χ3n) is 5.55. The molecule has 1 saturated heterocycles. The first kappa shape index (κ1) is 17.1. The fraction of sp³-hybridized carbons (Fsp3) is 0.409. The molecule has 0 radical (unpaired) electrons. The van der Waals surface area contributed by atoms with Crippen molar-refractivity contribution in [2.75, 3.05) is 36.5 Å². The maximum Gasteiger partial charge on any atom is 0.255 e. The number of anilines is 2. The minimum Gasteiger partial charge on any atom is -0.378 e. The van der Waals surface area contributed by atoms with E-state index in [0.29, 0.717) is 5.56 Å². The Morgan fingerprint density at radius 2 is 1.77 bits per heavy atom. The number of carbonyl (C=O) groups is 1. The first-order valence-corrected chi connectivity index (χ1v) is 9.58. The number of rotatable bonds is 5. The molecule has 136 valence electrons. The summed E-state index contributed by atoms with van der Waals surface area (Å²) in [5.74, 6) is 1.50. The molecule has 1 aliphatic heterocycles. The monoisotopic (exact) mass is 350 g/mol. The van der Waals surface area contributed by atoms with Crippen LogP contribution in [0.4, 0.5) is 11.4 Å². The van der Waals surface area contributed by atoms with Crippen LogP contribution in [0.2, 0.25) is 0 Å². The quantitative estimate of drug-likeness (QED) is 0.875. The van der Waals surface area contributed by atoms with Gasteiger partial charge in [-0.25, -0.2) is 0 Å². The van der Waals surface area contributed by atoms with Gasteiger partial charge in [-0.05, 0) is 60.2 Å². The Balaban J connectivity index is 1.37. The third kappa shape index (κ3) is 3.75. The first-order chi connectivity index (χ1) is 12.7. The Morgan fingerprint density at radius 3 is 2.38 bits per heavy atom. The van der Waals surface area contributed by atoms with Crippen molar-refractivity contribution in [3.63, 3.8) is 0 Å². The van der Waals surface area contributed by atoms with E-state index in [1.807, 2.05) is 36.4 Å². The lowest BCUT2D eigenvalue weighted by Gasteiger charge is -2.28. The van der Waals surface area contributed by atoms with Crippen molar-refractivity contribution in [3.8, 4) is 0 Å². The van der Waals surface area contributed by atoms with Gasteiger partial charge < -0.3 is 15.0 Å². The topological polar surface area (TPSA) is 41.6 Å². The third-order valence-corrected chi connectivity index (χ3v) is 5.55. The van der Waals surface area contributed by atoms with Gasteiger partial charge in [0.1, 0.15) is 0 Å². The average Bonchev–Trinajstić information content (AvgIpc) is 3.49. The molecule has 2 aromatic carbocycles. The van der Waals surface area contributed by atoms with Gasteiger partial charge in [0.15, 0.2) is 0 Å². The predicted molar refractivity (Wildman–Crippen MR) is 105 cm³/mol. The molecule has 4 rings (SSSR count). The van der Waals surface area contributed by atoms with E-state index in [4.69, 9.17) is 4.74 Å².